The van der Waals surface area contributed by atoms with Crippen molar-refractivity contribution in [3.63, 3.8) is 0 Å². The molecule has 4 heteroatoms. The summed E-state index contributed by atoms with van der Waals surface area (Å²) in [6.07, 6.45) is 4.45. The summed E-state index contributed by atoms with van der Waals surface area (Å²) in [7, 11) is 0. The number of allylic oxidation sites excluding steroid dienone is 4. The SMILES string of the molecule is CCC(C)C(O)C1=CC(CC=C(C)C)=C(O)[C@](O)(CCC(C)C)C1=O. The molecule has 1 rings (SSSR count). The summed E-state index contributed by atoms with van der Waals surface area (Å²) < 4.78 is 0. The number of hydrogen-bond donors (Lipinski definition) is 3. The first kappa shape index (κ1) is 21.7. The highest BCUT2D eigenvalue weighted by molar-refractivity contribution is 6.06. The molecular formula is C21H34O4. The molecule has 1 aliphatic rings. The molecule has 0 spiro atoms. The van der Waals surface area contributed by atoms with Gasteiger partial charge in [-0.2, -0.15) is 0 Å². The van der Waals surface area contributed by atoms with Crippen molar-refractivity contribution in [3.05, 3.63) is 34.6 Å². The van der Waals surface area contributed by atoms with Gasteiger partial charge in [0.2, 0.25) is 5.78 Å². The summed E-state index contributed by atoms with van der Waals surface area (Å²) in [5.41, 5.74) is -0.145. The van der Waals surface area contributed by atoms with E-state index in [1.807, 2.05) is 47.6 Å². The maximum atomic E-state index is 12.9. The predicted octanol–water partition coefficient (Wildman–Crippen LogP) is 4.24. The molecule has 0 amide bonds. The largest absolute Gasteiger partial charge is 0.508 e. The normalized spacial score (nSPS) is 23.6. The Kier molecular flexibility index (Phi) is 7.63. The monoisotopic (exact) mass is 350 g/mol. The number of Topliss-reactive ketones (excluding diaryl/α,β-unsaturated/α-hetero) is 1. The molecule has 0 bridgehead atoms. The van der Waals surface area contributed by atoms with Gasteiger partial charge in [0.05, 0.1) is 6.10 Å². The fourth-order valence-corrected chi connectivity index (χ4v) is 2.88. The molecule has 0 saturated carbocycles. The predicted molar refractivity (Wildman–Crippen MR) is 101 cm³/mol. The average molecular weight is 350 g/mol. The molecule has 0 radical (unpaired) electrons. The number of carbonyl (C=O) groups is 1. The number of ketones is 1. The van der Waals surface area contributed by atoms with Gasteiger partial charge in [-0.25, -0.2) is 0 Å². The van der Waals surface area contributed by atoms with E-state index in [-0.39, 0.29) is 23.7 Å². The lowest BCUT2D eigenvalue weighted by Gasteiger charge is -2.34. The van der Waals surface area contributed by atoms with E-state index in [1.165, 1.54) is 0 Å². The van der Waals surface area contributed by atoms with Gasteiger partial charge >= 0.3 is 0 Å². The van der Waals surface area contributed by atoms with Gasteiger partial charge in [0.25, 0.3) is 0 Å². The van der Waals surface area contributed by atoms with Crippen LogP contribution in [0.2, 0.25) is 0 Å². The topological polar surface area (TPSA) is 77.8 Å². The summed E-state index contributed by atoms with van der Waals surface area (Å²) in [5, 5.41) is 32.3. The lowest BCUT2D eigenvalue weighted by molar-refractivity contribution is -0.135. The Labute approximate surface area is 152 Å². The zero-order valence-electron chi connectivity index (χ0n) is 16.5. The average Bonchev–Trinajstić information content (AvgIpc) is 2.56. The Morgan fingerprint density at radius 1 is 1.28 bits per heavy atom. The molecule has 0 aromatic rings. The minimum atomic E-state index is -1.94. The number of rotatable bonds is 8. The molecule has 142 valence electrons. The van der Waals surface area contributed by atoms with E-state index in [0.29, 0.717) is 24.3 Å². The van der Waals surface area contributed by atoms with E-state index in [4.69, 9.17) is 0 Å². The van der Waals surface area contributed by atoms with Crippen molar-refractivity contribution in [2.45, 2.75) is 78.9 Å². The Bertz CT molecular complexity index is 579. The highest BCUT2D eigenvalue weighted by Gasteiger charge is 2.47. The highest BCUT2D eigenvalue weighted by Crippen LogP contribution is 2.37. The van der Waals surface area contributed by atoms with Gasteiger partial charge in [-0.1, -0.05) is 45.8 Å². The number of aliphatic hydroxyl groups excluding tert-OH is 2. The summed E-state index contributed by atoms with van der Waals surface area (Å²) in [5.74, 6) is -0.649. The van der Waals surface area contributed by atoms with Crippen molar-refractivity contribution >= 4 is 5.78 Å². The van der Waals surface area contributed by atoms with Crippen molar-refractivity contribution in [2.75, 3.05) is 0 Å². The third-order valence-electron chi connectivity index (χ3n) is 4.98. The van der Waals surface area contributed by atoms with Crippen LogP contribution in [0.5, 0.6) is 0 Å². The second-order valence-corrected chi connectivity index (χ2v) is 7.91. The van der Waals surface area contributed by atoms with Crippen LogP contribution in [0, 0.1) is 11.8 Å². The standard InChI is InChI=1S/C21H34O4/c1-7-15(6)18(22)17-12-16(9-8-13(2)3)19(23)21(25,20(17)24)11-10-14(4)5/h8,12,14-15,18,22-23,25H,7,9-11H2,1-6H3/t15?,18?,21-/m1/s1. The van der Waals surface area contributed by atoms with E-state index in [2.05, 4.69) is 0 Å². The molecule has 0 heterocycles. The second-order valence-electron chi connectivity index (χ2n) is 7.91. The smallest absolute Gasteiger partial charge is 0.200 e. The molecule has 4 nitrogen and oxygen atoms in total. The van der Waals surface area contributed by atoms with Crippen molar-refractivity contribution in [1.29, 1.82) is 0 Å². The lowest BCUT2D eigenvalue weighted by Crippen LogP contribution is -2.47. The lowest BCUT2D eigenvalue weighted by atomic mass is 9.75. The Balaban J connectivity index is 3.36. The van der Waals surface area contributed by atoms with E-state index >= 15 is 0 Å². The van der Waals surface area contributed by atoms with Crippen LogP contribution in [0.1, 0.15) is 67.2 Å². The van der Waals surface area contributed by atoms with Gasteiger partial charge in [-0.3, -0.25) is 4.79 Å². The Morgan fingerprint density at radius 2 is 1.88 bits per heavy atom. The zero-order chi connectivity index (χ0) is 19.4. The molecule has 3 N–H and O–H groups in total. The Hall–Kier alpha value is -1.39. The quantitative estimate of drug-likeness (QED) is 0.572. The van der Waals surface area contributed by atoms with Crippen LogP contribution in [-0.4, -0.2) is 32.8 Å². The van der Waals surface area contributed by atoms with Gasteiger partial charge < -0.3 is 15.3 Å². The first-order chi connectivity index (χ1) is 11.5. The molecule has 0 saturated heterocycles. The van der Waals surface area contributed by atoms with E-state index in [1.54, 1.807) is 6.08 Å². The first-order valence-corrected chi connectivity index (χ1v) is 9.27. The van der Waals surface area contributed by atoms with Crippen LogP contribution in [0.15, 0.2) is 34.6 Å². The van der Waals surface area contributed by atoms with E-state index < -0.39 is 17.5 Å². The third kappa shape index (κ3) is 5.05. The molecule has 0 aromatic carbocycles. The number of carbonyl (C=O) groups excluding carboxylic acids is 1. The molecular weight excluding hydrogens is 316 g/mol. The molecule has 25 heavy (non-hydrogen) atoms. The van der Waals surface area contributed by atoms with Crippen molar-refractivity contribution < 1.29 is 20.1 Å². The summed E-state index contributed by atoms with van der Waals surface area (Å²) in [4.78, 5) is 12.9. The van der Waals surface area contributed by atoms with Gasteiger partial charge in [0.15, 0.2) is 5.60 Å². The fourth-order valence-electron chi connectivity index (χ4n) is 2.88. The van der Waals surface area contributed by atoms with Crippen LogP contribution in [0.3, 0.4) is 0 Å². The second kappa shape index (κ2) is 8.81. The van der Waals surface area contributed by atoms with E-state index in [0.717, 1.165) is 12.0 Å². The number of hydrogen-bond acceptors (Lipinski definition) is 4. The molecule has 2 unspecified atom stereocenters. The summed E-state index contributed by atoms with van der Waals surface area (Å²) in [6, 6.07) is 0. The summed E-state index contributed by atoms with van der Waals surface area (Å²) >= 11 is 0. The van der Waals surface area contributed by atoms with Gasteiger partial charge in [0.1, 0.15) is 5.76 Å². The Morgan fingerprint density at radius 3 is 2.36 bits per heavy atom. The van der Waals surface area contributed by atoms with Crippen LogP contribution >= 0.6 is 0 Å². The van der Waals surface area contributed by atoms with Crippen molar-refractivity contribution in [1.82, 2.24) is 0 Å². The summed E-state index contributed by atoms with van der Waals surface area (Å²) in [6.45, 7) is 11.7. The maximum absolute atomic E-state index is 12.9. The van der Waals surface area contributed by atoms with Crippen LogP contribution in [0.4, 0.5) is 0 Å². The molecule has 0 fully saturated rings. The van der Waals surface area contributed by atoms with Crippen molar-refractivity contribution in [3.8, 4) is 0 Å². The van der Waals surface area contributed by atoms with Crippen molar-refractivity contribution in [2.24, 2.45) is 11.8 Å². The number of aliphatic hydroxyl groups is 3. The minimum Gasteiger partial charge on any atom is -0.508 e. The molecule has 1 aliphatic carbocycles. The first-order valence-electron chi connectivity index (χ1n) is 9.27. The minimum absolute atomic E-state index is 0.102. The fraction of sp³-hybridized carbons (Fsp3) is 0.667. The van der Waals surface area contributed by atoms with Gasteiger partial charge in [-0.15, -0.1) is 0 Å². The van der Waals surface area contributed by atoms with Gasteiger partial charge in [0, 0.05) is 5.57 Å². The van der Waals surface area contributed by atoms with Crippen LogP contribution in [0.25, 0.3) is 0 Å². The molecule has 3 atom stereocenters. The molecule has 0 aliphatic heterocycles. The van der Waals surface area contributed by atoms with Crippen LogP contribution < -0.4 is 0 Å². The highest BCUT2D eigenvalue weighted by atomic mass is 16.3. The van der Waals surface area contributed by atoms with E-state index in [9.17, 15) is 20.1 Å². The zero-order valence-corrected chi connectivity index (χ0v) is 16.5. The third-order valence-corrected chi connectivity index (χ3v) is 4.98. The van der Waals surface area contributed by atoms with Crippen LogP contribution in [-0.2, 0) is 4.79 Å². The molecule has 0 aromatic heterocycles. The van der Waals surface area contributed by atoms with Gasteiger partial charge in [-0.05, 0) is 56.6 Å². The maximum Gasteiger partial charge on any atom is 0.200 e.